The minimum atomic E-state index is -0.521. The van der Waals surface area contributed by atoms with Crippen molar-refractivity contribution in [2.45, 2.75) is 0 Å². The van der Waals surface area contributed by atoms with Crippen LogP contribution in [-0.2, 0) is 0 Å². The summed E-state index contributed by atoms with van der Waals surface area (Å²) in [6, 6.07) is 11.1. The lowest BCUT2D eigenvalue weighted by Crippen LogP contribution is -2.15. The first-order chi connectivity index (χ1) is 10.0. The fourth-order valence-corrected chi connectivity index (χ4v) is 1.79. The molecule has 0 saturated carbocycles. The average molecular weight is 285 g/mol. The molecule has 6 nitrogen and oxygen atoms in total. The Balaban J connectivity index is 2.16. The number of anilines is 2. The largest absolute Gasteiger partial charge is 0.497 e. The SMILES string of the molecule is COc1ccc(C(=O)Nc2ccc(C(N)=O)cc2)c(N)c1. The van der Waals surface area contributed by atoms with Gasteiger partial charge in [0.2, 0.25) is 5.91 Å². The summed E-state index contributed by atoms with van der Waals surface area (Å²) >= 11 is 0. The van der Waals surface area contributed by atoms with Gasteiger partial charge in [-0.25, -0.2) is 0 Å². The van der Waals surface area contributed by atoms with E-state index in [0.717, 1.165) is 0 Å². The molecule has 5 N–H and O–H groups in total. The second-order valence-corrected chi connectivity index (χ2v) is 4.35. The summed E-state index contributed by atoms with van der Waals surface area (Å²) in [6.45, 7) is 0. The van der Waals surface area contributed by atoms with Gasteiger partial charge in [0.25, 0.3) is 5.91 Å². The van der Waals surface area contributed by atoms with Crippen LogP contribution in [0.15, 0.2) is 42.5 Å². The minimum Gasteiger partial charge on any atom is -0.497 e. The maximum atomic E-state index is 12.1. The van der Waals surface area contributed by atoms with E-state index in [9.17, 15) is 9.59 Å². The summed E-state index contributed by atoms with van der Waals surface area (Å²) in [4.78, 5) is 23.1. The number of nitrogen functional groups attached to an aromatic ring is 1. The van der Waals surface area contributed by atoms with Crippen LogP contribution in [0.3, 0.4) is 0 Å². The molecular weight excluding hydrogens is 270 g/mol. The smallest absolute Gasteiger partial charge is 0.257 e. The zero-order valence-electron chi connectivity index (χ0n) is 11.4. The van der Waals surface area contributed by atoms with Crippen LogP contribution in [0.1, 0.15) is 20.7 Å². The Hall–Kier alpha value is -3.02. The van der Waals surface area contributed by atoms with Gasteiger partial charge >= 0.3 is 0 Å². The molecule has 2 amide bonds. The van der Waals surface area contributed by atoms with Crippen LogP contribution >= 0.6 is 0 Å². The molecule has 0 aliphatic carbocycles. The van der Waals surface area contributed by atoms with Crippen molar-refractivity contribution in [1.29, 1.82) is 0 Å². The summed E-state index contributed by atoms with van der Waals surface area (Å²) in [5.41, 5.74) is 12.5. The Morgan fingerprint density at radius 1 is 1.10 bits per heavy atom. The molecule has 0 aliphatic rings. The van der Waals surface area contributed by atoms with Crippen molar-refractivity contribution in [2.24, 2.45) is 5.73 Å². The number of carbonyl (C=O) groups excluding carboxylic acids is 2. The molecule has 0 aromatic heterocycles. The predicted octanol–water partition coefficient (Wildman–Crippen LogP) is 1.63. The molecule has 0 heterocycles. The number of hydrogen-bond acceptors (Lipinski definition) is 4. The molecule has 0 radical (unpaired) electrons. The van der Waals surface area contributed by atoms with Gasteiger partial charge in [0.05, 0.1) is 12.7 Å². The highest BCUT2D eigenvalue weighted by molar-refractivity contribution is 6.08. The standard InChI is InChI=1S/C15H15N3O3/c1-21-11-6-7-12(13(16)8-11)15(20)18-10-4-2-9(3-5-10)14(17)19/h2-8H,16H2,1H3,(H2,17,19)(H,18,20). The van der Waals surface area contributed by atoms with Gasteiger partial charge in [-0.15, -0.1) is 0 Å². The van der Waals surface area contributed by atoms with Crippen molar-refractivity contribution in [3.05, 3.63) is 53.6 Å². The summed E-state index contributed by atoms with van der Waals surface area (Å²) in [5, 5.41) is 2.69. The Bertz CT molecular complexity index is 681. The van der Waals surface area contributed by atoms with Gasteiger partial charge in [0.15, 0.2) is 0 Å². The van der Waals surface area contributed by atoms with Crippen molar-refractivity contribution in [1.82, 2.24) is 0 Å². The lowest BCUT2D eigenvalue weighted by atomic mass is 10.1. The van der Waals surface area contributed by atoms with Crippen molar-refractivity contribution in [3.8, 4) is 5.75 Å². The number of benzene rings is 2. The first-order valence-electron chi connectivity index (χ1n) is 6.16. The number of methoxy groups -OCH3 is 1. The van der Waals surface area contributed by atoms with Crippen molar-refractivity contribution < 1.29 is 14.3 Å². The maximum Gasteiger partial charge on any atom is 0.257 e. The Morgan fingerprint density at radius 3 is 2.29 bits per heavy atom. The van der Waals surface area contributed by atoms with E-state index in [-0.39, 0.29) is 5.91 Å². The van der Waals surface area contributed by atoms with Crippen LogP contribution in [0, 0.1) is 0 Å². The first-order valence-corrected chi connectivity index (χ1v) is 6.16. The van der Waals surface area contributed by atoms with E-state index >= 15 is 0 Å². The van der Waals surface area contributed by atoms with E-state index in [4.69, 9.17) is 16.2 Å². The van der Waals surface area contributed by atoms with Gasteiger partial charge in [0.1, 0.15) is 5.75 Å². The third-order valence-electron chi connectivity index (χ3n) is 2.93. The van der Waals surface area contributed by atoms with Crippen molar-refractivity contribution in [2.75, 3.05) is 18.2 Å². The van der Waals surface area contributed by atoms with E-state index in [1.165, 1.54) is 19.2 Å². The number of rotatable bonds is 4. The average Bonchev–Trinajstić information content (AvgIpc) is 2.47. The van der Waals surface area contributed by atoms with Crippen LogP contribution in [0.4, 0.5) is 11.4 Å². The van der Waals surface area contributed by atoms with Crippen LogP contribution < -0.4 is 21.5 Å². The summed E-state index contributed by atoms with van der Waals surface area (Å²) in [7, 11) is 1.52. The molecular formula is C15H15N3O3. The molecule has 2 aromatic carbocycles. The monoisotopic (exact) mass is 285 g/mol. The molecule has 0 saturated heterocycles. The lowest BCUT2D eigenvalue weighted by Gasteiger charge is -2.09. The summed E-state index contributed by atoms with van der Waals surface area (Å²) in [5.74, 6) is -0.288. The molecule has 0 spiro atoms. The fourth-order valence-electron chi connectivity index (χ4n) is 1.79. The van der Waals surface area contributed by atoms with Gasteiger partial charge in [-0.2, -0.15) is 0 Å². The van der Waals surface area contributed by atoms with E-state index < -0.39 is 5.91 Å². The Labute approximate surface area is 121 Å². The Morgan fingerprint density at radius 2 is 1.76 bits per heavy atom. The lowest BCUT2D eigenvalue weighted by molar-refractivity contribution is 0.0998. The normalized spacial score (nSPS) is 9.95. The third-order valence-corrected chi connectivity index (χ3v) is 2.93. The second kappa shape index (κ2) is 5.96. The van der Waals surface area contributed by atoms with E-state index in [1.807, 2.05) is 0 Å². The molecule has 0 fully saturated rings. The molecule has 2 rings (SSSR count). The molecule has 2 aromatic rings. The van der Waals surface area contributed by atoms with E-state index in [1.54, 1.807) is 30.3 Å². The quantitative estimate of drug-likeness (QED) is 0.742. The summed E-state index contributed by atoms with van der Waals surface area (Å²) in [6.07, 6.45) is 0. The maximum absolute atomic E-state index is 12.1. The van der Waals surface area contributed by atoms with Gasteiger partial charge in [-0.05, 0) is 36.4 Å². The number of hydrogen-bond donors (Lipinski definition) is 3. The molecule has 6 heteroatoms. The van der Waals surface area contributed by atoms with Crippen LogP contribution in [-0.4, -0.2) is 18.9 Å². The number of carbonyl (C=O) groups is 2. The second-order valence-electron chi connectivity index (χ2n) is 4.35. The zero-order chi connectivity index (χ0) is 15.4. The molecule has 0 atom stereocenters. The highest BCUT2D eigenvalue weighted by Crippen LogP contribution is 2.21. The summed E-state index contributed by atoms with van der Waals surface area (Å²) < 4.78 is 5.03. The number of ether oxygens (including phenoxy) is 1. The van der Waals surface area contributed by atoms with Crippen molar-refractivity contribution >= 4 is 23.2 Å². The zero-order valence-corrected chi connectivity index (χ0v) is 11.4. The molecule has 0 bridgehead atoms. The number of primary amides is 1. The first kappa shape index (κ1) is 14.4. The third kappa shape index (κ3) is 3.30. The molecule has 0 unspecified atom stereocenters. The van der Waals surface area contributed by atoms with Gasteiger partial charge < -0.3 is 21.5 Å². The van der Waals surface area contributed by atoms with E-state index in [0.29, 0.717) is 28.3 Å². The van der Waals surface area contributed by atoms with Gasteiger partial charge in [-0.1, -0.05) is 0 Å². The molecule has 0 aliphatic heterocycles. The van der Waals surface area contributed by atoms with Crippen LogP contribution in [0.25, 0.3) is 0 Å². The van der Waals surface area contributed by atoms with E-state index in [2.05, 4.69) is 5.32 Å². The van der Waals surface area contributed by atoms with Crippen LogP contribution in [0.2, 0.25) is 0 Å². The number of amides is 2. The predicted molar refractivity (Wildman–Crippen MR) is 80.3 cm³/mol. The van der Waals surface area contributed by atoms with Gasteiger partial charge in [-0.3, -0.25) is 9.59 Å². The van der Waals surface area contributed by atoms with Crippen molar-refractivity contribution in [3.63, 3.8) is 0 Å². The molecule has 21 heavy (non-hydrogen) atoms. The number of nitrogens with two attached hydrogens (primary N) is 2. The Kier molecular flexibility index (Phi) is 4.08. The van der Waals surface area contributed by atoms with Crippen LogP contribution in [0.5, 0.6) is 5.75 Å². The molecule has 108 valence electrons. The topological polar surface area (TPSA) is 107 Å². The van der Waals surface area contributed by atoms with Gasteiger partial charge in [0, 0.05) is 23.0 Å². The minimum absolute atomic E-state index is 0.320. The number of nitrogens with one attached hydrogen (secondary N) is 1. The fraction of sp³-hybridized carbons (Fsp3) is 0.0667. The highest BCUT2D eigenvalue weighted by atomic mass is 16.5. The highest BCUT2D eigenvalue weighted by Gasteiger charge is 2.11.